The second-order valence-electron chi connectivity index (χ2n) is 6.35. The molecule has 0 amide bonds. The SMILES string of the molecule is CCC1CCC(Sc2cccc(CNC(C)C)c2)CC1. The first kappa shape index (κ1) is 15.9. The molecular formula is C18H29NS. The van der Waals surface area contributed by atoms with Crippen LogP contribution in [0.3, 0.4) is 0 Å². The molecule has 1 aromatic rings. The van der Waals surface area contributed by atoms with Gasteiger partial charge in [-0.2, -0.15) is 0 Å². The zero-order valence-corrected chi connectivity index (χ0v) is 14.0. The lowest BCUT2D eigenvalue weighted by Crippen LogP contribution is -2.21. The van der Waals surface area contributed by atoms with Gasteiger partial charge in [0.15, 0.2) is 0 Å². The number of benzene rings is 1. The van der Waals surface area contributed by atoms with E-state index in [1.807, 2.05) is 0 Å². The van der Waals surface area contributed by atoms with Crippen LogP contribution < -0.4 is 5.32 Å². The maximum atomic E-state index is 3.50. The van der Waals surface area contributed by atoms with Crippen molar-refractivity contribution >= 4 is 11.8 Å². The number of thioether (sulfide) groups is 1. The Balaban J connectivity index is 1.85. The number of nitrogens with one attached hydrogen (secondary N) is 1. The van der Waals surface area contributed by atoms with Gasteiger partial charge >= 0.3 is 0 Å². The minimum atomic E-state index is 0.552. The molecule has 0 saturated heterocycles. The molecule has 2 rings (SSSR count). The molecule has 1 saturated carbocycles. The van der Waals surface area contributed by atoms with E-state index in [2.05, 4.69) is 62.1 Å². The van der Waals surface area contributed by atoms with Crippen molar-refractivity contribution in [1.82, 2.24) is 5.32 Å². The zero-order valence-electron chi connectivity index (χ0n) is 13.2. The molecule has 0 heterocycles. The molecular weight excluding hydrogens is 262 g/mol. The maximum absolute atomic E-state index is 3.50. The molecule has 1 aromatic carbocycles. The van der Waals surface area contributed by atoms with E-state index in [4.69, 9.17) is 0 Å². The number of rotatable bonds is 6. The molecule has 1 aliphatic rings. The molecule has 1 nitrogen and oxygen atoms in total. The Morgan fingerprint density at radius 3 is 2.60 bits per heavy atom. The van der Waals surface area contributed by atoms with E-state index in [-0.39, 0.29) is 0 Å². The molecule has 1 fully saturated rings. The van der Waals surface area contributed by atoms with E-state index in [9.17, 15) is 0 Å². The third kappa shape index (κ3) is 5.14. The van der Waals surface area contributed by atoms with Crippen LogP contribution >= 0.6 is 11.8 Å². The van der Waals surface area contributed by atoms with Gasteiger partial charge < -0.3 is 5.32 Å². The molecule has 0 unspecified atom stereocenters. The van der Waals surface area contributed by atoms with Gasteiger partial charge in [0.1, 0.15) is 0 Å². The molecule has 1 N–H and O–H groups in total. The molecule has 0 radical (unpaired) electrons. The highest BCUT2D eigenvalue weighted by atomic mass is 32.2. The average Bonchev–Trinajstić information content (AvgIpc) is 2.46. The van der Waals surface area contributed by atoms with Crippen molar-refractivity contribution < 1.29 is 0 Å². The Morgan fingerprint density at radius 1 is 1.20 bits per heavy atom. The maximum Gasteiger partial charge on any atom is 0.0208 e. The van der Waals surface area contributed by atoms with Crippen molar-refractivity contribution in [2.24, 2.45) is 5.92 Å². The second-order valence-corrected chi connectivity index (χ2v) is 7.73. The summed E-state index contributed by atoms with van der Waals surface area (Å²) in [6, 6.07) is 9.63. The Bertz CT molecular complexity index is 394. The van der Waals surface area contributed by atoms with Gasteiger partial charge in [-0.25, -0.2) is 0 Å². The number of hydrogen-bond acceptors (Lipinski definition) is 2. The smallest absolute Gasteiger partial charge is 0.0208 e. The van der Waals surface area contributed by atoms with Crippen molar-refractivity contribution in [1.29, 1.82) is 0 Å². The summed E-state index contributed by atoms with van der Waals surface area (Å²) in [5.74, 6) is 0.994. The molecule has 20 heavy (non-hydrogen) atoms. The number of hydrogen-bond donors (Lipinski definition) is 1. The van der Waals surface area contributed by atoms with Crippen molar-refractivity contribution in [3.63, 3.8) is 0 Å². The summed E-state index contributed by atoms with van der Waals surface area (Å²) >= 11 is 2.10. The van der Waals surface area contributed by atoms with Crippen molar-refractivity contribution in [3.05, 3.63) is 29.8 Å². The summed E-state index contributed by atoms with van der Waals surface area (Å²) < 4.78 is 0. The Morgan fingerprint density at radius 2 is 1.95 bits per heavy atom. The van der Waals surface area contributed by atoms with Crippen LogP contribution in [0, 0.1) is 5.92 Å². The van der Waals surface area contributed by atoms with Gasteiger partial charge in [-0.15, -0.1) is 11.8 Å². The predicted octanol–water partition coefficient (Wildman–Crippen LogP) is 5.25. The summed E-state index contributed by atoms with van der Waals surface area (Å²) in [6.07, 6.45) is 7.04. The van der Waals surface area contributed by atoms with Crippen molar-refractivity contribution in [2.45, 2.75) is 75.6 Å². The van der Waals surface area contributed by atoms with Crippen LogP contribution in [0.5, 0.6) is 0 Å². The van der Waals surface area contributed by atoms with Gasteiger partial charge in [-0.05, 0) is 49.3 Å². The van der Waals surface area contributed by atoms with Gasteiger partial charge in [0.05, 0.1) is 0 Å². The fourth-order valence-electron chi connectivity index (χ4n) is 2.90. The fourth-order valence-corrected chi connectivity index (χ4v) is 4.17. The normalized spacial score (nSPS) is 23.2. The van der Waals surface area contributed by atoms with E-state index >= 15 is 0 Å². The topological polar surface area (TPSA) is 12.0 Å². The summed E-state index contributed by atoms with van der Waals surface area (Å²) in [6.45, 7) is 7.72. The van der Waals surface area contributed by atoms with Crippen LogP contribution in [0.15, 0.2) is 29.2 Å². The molecule has 0 bridgehead atoms. The van der Waals surface area contributed by atoms with Gasteiger partial charge in [-0.1, -0.05) is 39.3 Å². The summed E-state index contributed by atoms with van der Waals surface area (Å²) in [7, 11) is 0. The van der Waals surface area contributed by atoms with E-state index in [0.717, 1.165) is 17.7 Å². The van der Waals surface area contributed by atoms with Gasteiger partial charge in [0.25, 0.3) is 0 Å². The largest absolute Gasteiger partial charge is 0.310 e. The molecule has 2 heteroatoms. The summed E-state index contributed by atoms with van der Waals surface area (Å²) in [5.41, 5.74) is 1.41. The highest BCUT2D eigenvalue weighted by Gasteiger charge is 2.20. The molecule has 0 atom stereocenters. The molecule has 112 valence electrons. The Kier molecular flexibility index (Phi) is 6.44. The molecule has 0 aromatic heterocycles. The zero-order chi connectivity index (χ0) is 14.4. The van der Waals surface area contributed by atoms with Crippen LogP contribution in [-0.2, 0) is 6.54 Å². The van der Waals surface area contributed by atoms with Crippen LogP contribution in [0.25, 0.3) is 0 Å². The van der Waals surface area contributed by atoms with Crippen LogP contribution in [0.2, 0.25) is 0 Å². The van der Waals surface area contributed by atoms with E-state index in [1.165, 1.54) is 42.6 Å². The first-order valence-corrected chi connectivity index (χ1v) is 9.04. The lowest BCUT2D eigenvalue weighted by atomic mass is 9.87. The van der Waals surface area contributed by atoms with E-state index in [1.54, 1.807) is 0 Å². The van der Waals surface area contributed by atoms with Gasteiger partial charge in [-0.3, -0.25) is 0 Å². The lowest BCUT2D eigenvalue weighted by Gasteiger charge is -2.27. The van der Waals surface area contributed by atoms with E-state index < -0.39 is 0 Å². The summed E-state index contributed by atoms with van der Waals surface area (Å²) in [4.78, 5) is 1.45. The Labute approximate surface area is 128 Å². The fraction of sp³-hybridized carbons (Fsp3) is 0.667. The van der Waals surface area contributed by atoms with Gasteiger partial charge in [0, 0.05) is 22.7 Å². The average molecular weight is 292 g/mol. The molecule has 0 aliphatic heterocycles. The summed E-state index contributed by atoms with van der Waals surface area (Å²) in [5, 5.41) is 4.34. The van der Waals surface area contributed by atoms with E-state index in [0.29, 0.717) is 6.04 Å². The third-order valence-corrected chi connectivity index (χ3v) is 5.62. The molecule has 0 spiro atoms. The van der Waals surface area contributed by atoms with Gasteiger partial charge in [0.2, 0.25) is 0 Å². The lowest BCUT2D eigenvalue weighted by molar-refractivity contribution is 0.356. The first-order valence-electron chi connectivity index (χ1n) is 8.16. The van der Waals surface area contributed by atoms with Crippen molar-refractivity contribution in [3.8, 4) is 0 Å². The standard InChI is InChI=1S/C18H29NS/c1-4-15-8-10-17(11-9-15)20-18-7-5-6-16(12-18)13-19-14(2)3/h5-7,12,14-15,17,19H,4,8-11,13H2,1-3H3. The minimum absolute atomic E-state index is 0.552. The van der Waals surface area contributed by atoms with Crippen LogP contribution in [-0.4, -0.2) is 11.3 Å². The highest BCUT2D eigenvalue weighted by Crippen LogP contribution is 2.37. The predicted molar refractivity (Wildman–Crippen MR) is 90.3 cm³/mol. The first-order chi connectivity index (χ1) is 9.67. The monoisotopic (exact) mass is 291 g/mol. The highest BCUT2D eigenvalue weighted by molar-refractivity contribution is 8.00. The Hall–Kier alpha value is -0.470. The second kappa shape index (κ2) is 8.09. The quantitative estimate of drug-likeness (QED) is 0.768. The molecule has 1 aliphatic carbocycles. The van der Waals surface area contributed by atoms with Crippen LogP contribution in [0.4, 0.5) is 0 Å². The minimum Gasteiger partial charge on any atom is -0.310 e. The third-order valence-electron chi connectivity index (χ3n) is 4.29. The van der Waals surface area contributed by atoms with Crippen molar-refractivity contribution in [2.75, 3.05) is 0 Å². The van der Waals surface area contributed by atoms with Crippen LogP contribution in [0.1, 0.15) is 58.4 Å².